The third-order valence-electron chi connectivity index (χ3n) is 4.18. The number of morpholine rings is 1. The molecule has 1 saturated heterocycles. The van der Waals surface area contributed by atoms with Gasteiger partial charge in [-0.05, 0) is 25.0 Å². The van der Waals surface area contributed by atoms with Crippen molar-refractivity contribution < 1.29 is 9.53 Å². The minimum Gasteiger partial charge on any atom is -0.377 e. The van der Waals surface area contributed by atoms with Crippen molar-refractivity contribution in [2.24, 2.45) is 0 Å². The van der Waals surface area contributed by atoms with Crippen LogP contribution in [0.4, 0.5) is 0 Å². The molecule has 1 N–H and O–H groups in total. The van der Waals surface area contributed by atoms with Gasteiger partial charge in [-0.1, -0.05) is 13.8 Å². The number of amides is 1. The van der Waals surface area contributed by atoms with Gasteiger partial charge in [-0.25, -0.2) is 0 Å². The highest BCUT2D eigenvalue weighted by molar-refractivity contribution is 5.93. The van der Waals surface area contributed by atoms with E-state index in [1.807, 2.05) is 24.0 Å². The molecule has 1 aliphatic heterocycles. The number of H-pyrrole nitrogens is 1. The molecule has 0 saturated carbocycles. The molecule has 1 aliphatic rings. The Morgan fingerprint density at radius 1 is 1.52 bits per heavy atom. The molecule has 0 bridgehead atoms. The molecular weight excluding hydrogens is 294 g/mol. The second kappa shape index (κ2) is 6.54. The Morgan fingerprint density at radius 2 is 2.35 bits per heavy atom. The van der Waals surface area contributed by atoms with Gasteiger partial charge in [0.2, 0.25) is 0 Å². The normalized spacial score (nSPS) is 18.6. The highest BCUT2D eigenvalue weighted by atomic mass is 16.5. The fraction of sp³-hybridized carbons (Fsp3) is 0.562. The molecule has 7 nitrogen and oxygen atoms in total. The molecule has 2 aromatic heterocycles. The predicted octanol–water partition coefficient (Wildman–Crippen LogP) is 1.96. The molecule has 7 heteroatoms. The summed E-state index contributed by atoms with van der Waals surface area (Å²) in [6, 6.07) is 3.66. The molecule has 3 heterocycles. The van der Waals surface area contributed by atoms with Gasteiger partial charge >= 0.3 is 0 Å². The number of ether oxygens (including phenoxy) is 1. The predicted molar refractivity (Wildman–Crippen MR) is 85.2 cm³/mol. The summed E-state index contributed by atoms with van der Waals surface area (Å²) in [6.45, 7) is 8.43. The quantitative estimate of drug-likeness (QED) is 0.935. The summed E-state index contributed by atoms with van der Waals surface area (Å²) in [5.41, 5.74) is 2.48. The van der Waals surface area contributed by atoms with Gasteiger partial charge in [-0.15, -0.1) is 0 Å². The number of carbonyl (C=O) groups is 1. The number of nitrogens with zero attached hydrogens (tertiary/aromatic N) is 4. The molecule has 3 rings (SSSR count). The van der Waals surface area contributed by atoms with Crippen LogP contribution >= 0.6 is 0 Å². The number of nitrogens with one attached hydrogen (secondary N) is 1. The first-order chi connectivity index (χ1) is 11.1. The number of aromatic amines is 1. The zero-order valence-corrected chi connectivity index (χ0v) is 13.8. The van der Waals surface area contributed by atoms with Crippen LogP contribution in [0.3, 0.4) is 0 Å². The van der Waals surface area contributed by atoms with Crippen molar-refractivity contribution in [3.8, 4) is 0 Å². The van der Waals surface area contributed by atoms with Gasteiger partial charge in [0.1, 0.15) is 5.69 Å². The minimum atomic E-state index is -0.138. The summed E-state index contributed by atoms with van der Waals surface area (Å²) in [7, 11) is 0. The summed E-state index contributed by atoms with van der Waals surface area (Å²) < 4.78 is 7.35. The highest BCUT2D eigenvalue weighted by Crippen LogP contribution is 2.25. The van der Waals surface area contributed by atoms with Crippen LogP contribution < -0.4 is 0 Å². The lowest BCUT2D eigenvalue weighted by atomic mass is 10.1. The molecular formula is C16H23N5O2. The molecule has 0 aliphatic carbocycles. The van der Waals surface area contributed by atoms with E-state index in [1.165, 1.54) is 0 Å². The van der Waals surface area contributed by atoms with Crippen molar-refractivity contribution in [3.63, 3.8) is 0 Å². The van der Waals surface area contributed by atoms with Gasteiger partial charge < -0.3 is 9.64 Å². The van der Waals surface area contributed by atoms with E-state index in [0.29, 0.717) is 37.9 Å². The molecule has 1 atom stereocenters. The number of aryl methyl sites for hydroxylation is 1. The number of hydrogen-bond donors (Lipinski definition) is 1. The van der Waals surface area contributed by atoms with E-state index in [9.17, 15) is 4.79 Å². The van der Waals surface area contributed by atoms with Crippen LogP contribution in [0.5, 0.6) is 0 Å². The van der Waals surface area contributed by atoms with Gasteiger partial charge in [-0.2, -0.15) is 10.2 Å². The maximum atomic E-state index is 13.1. The molecule has 0 aromatic carbocycles. The van der Waals surface area contributed by atoms with Crippen molar-refractivity contribution in [1.29, 1.82) is 0 Å². The first-order valence-corrected chi connectivity index (χ1v) is 8.07. The highest BCUT2D eigenvalue weighted by Gasteiger charge is 2.32. The van der Waals surface area contributed by atoms with Crippen LogP contribution in [-0.4, -0.2) is 50.5 Å². The molecule has 0 unspecified atom stereocenters. The Hall–Kier alpha value is -2.15. The number of hydrogen-bond acceptors (Lipinski definition) is 4. The molecule has 1 fully saturated rings. The first kappa shape index (κ1) is 15.7. The lowest BCUT2D eigenvalue weighted by Gasteiger charge is -2.34. The fourth-order valence-electron chi connectivity index (χ4n) is 2.84. The fourth-order valence-corrected chi connectivity index (χ4v) is 2.84. The summed E-state index contributed by atoms with van der Waals surface area (Å²) in [5.74, 6) is 0.289. The monoisotopic (exact) mass is 317 g/mol. The van der Waals surface area contributed by atoms with Crippen LogP contribution in [0.2, 0.25) is 0 Å². The van der Waals surface area contributed by atoms with Gasteiger partial charge in [0, 0.05) is 19.3 Å². The lowest BCUT2D eigenvalue weighted by molar-refractivity contribution is -0.00453. The molecule has 0 spiro atoms. The molecule has 124 valence electrons. The van der Waals surface area contributed by atoms with E-state index < -0.39 is 0 Å². The number of rotatable bonds is 4. The van der Waals surface area contributed by atoms with E-state index in [4.69, 9.17) is 4.74 Å². The van der Waals surface area contributed by atoms with Crippen LogP contribution in [0.15, 0.2) is 18.3 Å². The second-order valence-corrected chi connectivity index (χ2v) is 6.03. The Morgan fingerprint density at radius 3 is 3.00 bits per heavy atom. The van der Waals surface area contributed by atoms with Crippen LogP contribution in [0, 0.1) is 0 Å². The zero-order chi connectivity index (χ0) is 16.4. The Balaban J connectivity index is 1.91. The Bertz CT molecular complexity index is 662. The SMILES string of the molecule is CCn1nc(C(C)C)cc1C(=O)N1CCOC[C@H]1c1ccn[nH]1. The van der Waals surface area contributed by atoms with Crippen molar-refractivity contribution in [2.75, 3.05) is 19.8 Å². The van der Waals surface area contributed by atoms with Crippen LogP contribution in [0.25, 0.3) is 0 Å². The van der Waals surface area contributed by atoms with Gasteiger partial charge in [-0.3, -0.25) is 14.6 Å². The summed E-state index contributed by atoms with van der Waals surface area (Å²) in [4.78, 5) is 14.9. The Kier molecular flexibility index (Phi) is 4.47. The van der Waals surface area contributed by atoms with Crippen molar-refractivity contribution in [2.45, 2.75) is 39.3 Å². The standard InChI is InChI=1S/C16H23N5O2/c1-4-21-14(9-13(19-21)11(2)3)16(22)20-7-8-23-10-15(20)12-5-6-17-18-12/h5-6,9,11,15H,4,7-8,10H2,1-3H3,(H,17,18)/t15-/m0/s1. The average molecular weight is 317 g/mol. The maximum Gasteiger partial charge on any atom is 0.272 e. The molecule has 2 aromatic rings. The second-order valence-electron chi connectivity index (χ2n) is 6.03. The third kappa shape index (κ3) is 3.01. The smallest absolute Gasteiger partial charge is 0.272 e. The molecule has 1 amide bonds. The minimum absolute atomic E-state index is 0.00542. The third-order valence-corrected chi connectivity index (χ3v) is 4.18. The van der Waals surface area contributed by atoms with E-state index in [-0.39, 0.29) is 11.9 Å². The van der Waals surface area contributed by atoms with Crippen LogP contribution in [-0.2, 0) is 11.3 Å². The Labute approximate surface area is 135 Å². The van der Waals surface area contributed by atoms with Crippen LogP contribution in [0.1, 0.15) is 54.6 Å². The van der Waals surface area contributed by atoms with E-state index >= 15 is 0 Å². The van der Waals surface area contributed by atoms with E-state index in [2.05, 4.69) is 29.1 Å². The largest absolute Gasteiger partial charge is 0.377 e. The van der Waals surface area contributed by atoms with Crippen molar-refractivity contribution >= 4 is 5.91 Å². The van der Waals surface area contributed by atoms with Crippen molar-refractivity contribution in [3.05, 3.63) is 35.4 Å². The van der Waals surface area contributed by atoms with E-state index in [0.717, 1.165) is 11.4 Å². The summed E-state index contributed by atoms with van der Waals surface area (Å²) in [6.07, 6.45) is 1.69. The van der Waals surface area contributed by atoms with Gasteiger partial charge in [0.05, 0.1) is 30.6 Å². The zero-order valence-electron chi connectivity index (χ0n) is 13.8. The van der Waals surface area contributed by atoms with E-state index in [1.54, 1.807) is 10.9 Å². The molecule has 0 radical (unpaired) electrons. The van der Waals surface area contributed by atoms with Gasteiger partial charge in [0.15, 0.2) is 0 Å². The number of carbonyl (C=O) groups excluding carboxylic acids is 1. The summed E-state index contributed by atoms with van der Waals surface area (Å²) >= 11 is 0. The first-order valence-electron chi connectivity index (χ1n) is 8.07. The average Bonchev–Trinajstić information content (AvgIpc) is 3.23. The lowest BCUT2D eigenvalue weighted by Crippen LogP contribution is -2.44. The topological polar surface area (TPSA) is 76.0 Å². The van der Waals surface area contributed by atoms with Crippen molar-refractivity contribution in [1.82, 2.24) is 24.9 Å². The maximum absolute atomic E-state index is 13.1. The summed E-state index contributed by atoms with van der Waals surface area (Å²) in [5, 5.41) is 11.5. The molecule has 23 heavy (non-hydrogen) atoms. The van der Waals surface area contributed by atoms with Gasteiger partial charge in [0.25, 0.3) is 5.91 Å². The number of aromatic nitrogens is 4.